The number of fused-ring (bicyclic) bond motifs is 1. The van der Waals surface area contributed by atoms with Gasteiger partial charge in [0.1, 0.15) is 16.2 Å². The fourth-order valence-corrected chi connectivity index (χ4v) is 2.96. The second kappa shape index (κ2) is 5.59. The van der Waals surface area contributed by atoms with Crippen LogP contribution in [0.3, 0.4) is 0 Å². The highest BCUT2D eigenvalue weighted by atomic mass is 32.2. The van der Waals surface area contributed by atoms with Crippen LogP contribution in [0, 0.1) is 11.3 Å². The molecule has 0 atom stereocenters. The van der Waals surface area contributed by atoms with E-state index in [9.17, 15) is 13.2 Å². The lowest BCUT2D eigenvalue weighted by atomic mass is 10.2. The van der Waals surface area contributed by atoms with Gasteiger partial charge < -0.3 is 8.60 Å². The summed E-state index contributed by atoms with van der Waals surface area (Å²) in [4.78, 5) is 11.1. The molecular weight excluding hydrogens is 318 g/mol. The van der Waals surface area contributed by atoms with Gasteiger partial charge in [0, 0.05) is 17.5 Å². The molecule has 0 amide bonds. The van der Waals surface area contributed by atoms with Gasteiger partial charge in [-0.15, -0.1) is 0 Å². The Kier molecular flexibility index (Phi) is 3.60. The van der Waals surface area contributed by atoms with Crippen molar-refractivity contribution in [2.75, 3.05) is 0 Å². The molecule has 7 heteroatoms. The SMILES string of the molecule is N#Cc1cccc(S(=O)(=O)Oc2ccc3ccc(=O)oc3c2)c1. The fourth-order valence-electron chi connectivity index (χ4n) is 1.99. The third kappa shape index (κ3) is 3.07. The summed E-state index contributed by atoms with van der Waals surface area (Å²) in [6.45, 7) is 0. The van der Waals surface area contributed by atoms with Crippen LogP contribution >= 0.6 is 0 Å². The van der Waals surface area contributed by atoms with Gasteiger partial charge in [-0.3, -0.25) is 0 Å². The van der Waals surface area contributed by atoms with E-state index in [1.807, 2.05) is 6.07 Å². The first kappa shape index (κ1) is 14.8. The van der Waals surface area contributed by atoms with E-state index < -0.39 is 15.7 Å². The van der Waals surface area contributed by atoms with Crippen LogP contribution < -0.4 is 9.81 Å². The maximum atomic E-state index is 12.2. The molecule has 2 aromatic carbocycles. The van der Waals surface area contributed by atoms with Gasteiger partial charge in [-0.25, -0.2) is 4.79 Å². The Morgan fingerprint density at radius 3 is 2.61 bits per heavy atom. The number of hydrogen-bond donors (Lipinski definition) is 0. The average Bonchev–Trinajstić information content (AvgIpc) is 2.54. The van der Waals surface area contributed by atoms with Gasteiger partial charge in [0.25, 0.3) is 0 Å². The maximum absolute atomic E-state index is 12.2. The topological polar surface area (TPSA) is 97.4 Å². The van der Waals surface area contributed by atoms with E-state index >= 15 is 0 Å². The van der Waals surface area contributed by atoms with Gasteiger partial charge in [0.2, 0.25) is 0 Å². The minimum Gasteiger partial charge on any atom is -0.423 e. The summed E-state index contributed by atoms with van der Waals surface area (Å²) in [5.74, 6) is 0.00853. The average molecular weight is 327 g/mol. The highest BCUT2D eigenvalue weighted by Gasteiger charge is 2.17. The van der Waals surface area contributed by atoms with Gasteiger partial charge in [-0.1, -0.05) is 6.07 Å². The first-order valence-corrected chi connectivity index (χ1v) is 7.87. The van der Waals surface area contributed by atoms with E-state index in [1.54, 1.807) is 12.1 Å². The first-order chi connectivity index (χ1) is 11.0. The lowest BCUT2D eigenvalue weighted by Crippen LogP contribution is -2.10. The molecule has 114 valence electrons. The highest BCUT2D eigenvalue weighted by Crippen LogP contribution is 2.23. The van der Waals surface area contributed by atoms with Crippen LogP contribution in [0.2, 0.25) is 0 Å². The molecule has 3 aromatic rings. The number of hydrogen-bond acceptors (Lipinski definition) is 6. The summed E-state index contributed by atoms with van der Waals surface area (Å²) >= 11 is 0. The van der Waals surface area contributed by atoms with E-state index in [2.05, 4.69) is 0 Å². The van der Waals surface area contributed by atoms with Crippen molar-refractivity contribution in [2.45, 2.75) is 4.90 Å². The van der Waals surface area contributed by atoms with Gasteiger partial charge in [-0.2, -0.15) is 13.7 Å². The molecule has 0 N–H and O–H groups in total. The number of nitriles is 1. The minimum atomic E-state index is -4.10. The Bertz CT molecular complexity index is 1090. The van der Waals surface area contributed by atoms with Crippen molar-refractivity contribution in [3.05, 3.63) is 70.6 Å². The molecule has 0 bridgehead atoms. The maximum Gasteiger partial charge on any atom is 0.339 e. The Labute approximate surface area is 131 Å². The van der Waals surface area contributed by atoms with Crippen LogP contribution in [0.15, 0.2) is 68.7 Å². The zero-order chi connectivity index (χ0) is 16.4. The van der Waals surface area contributed by atoms with Crippen LogP contribution in [-0.2, 0) is 10.1 Å². The van der Waals surface area contributed by atoms with Crippen LogP contribution in [0.4, 0.5) is 0 Å². The largest absolute Gasteiger partial charge is 0.423 e. The monoisotopic (exact) mass is 327 g/mol. The van der Waals surface area contributed by atoms with Crippen molar-refractivity contribution in [1.82, 2.24) is 0 Å². The number of nitrogens with zero attached hydrogens (tertiary/aromatic N) is 1. The van der Waals surface area contributed by atoms with Gasteiger partial charge in [0.15, 0.2) is 0 Å². The Hall–Kier alpha value is -3.11. The lowest BCUT2D eigenvalue weighted by molar-refractivity contribution is 0.485. The quantitative estimate of drug-likeness (QED) is 0.541. The first-order valence-electron chi connectivity index (χ1n) is 6.46. The summed E-state index contributed by atoms with van der Waals surface area (Å²) in [5.41, 5.74) is -0.116. The van der Waals surface area contributed by atoms with Gasteiger partial charge >= 0.3 is 15.7 Å². The summed E-state index contributed by atoms with van der Waals surface area (Å²) in [5, 5.41) is 9.47. The summed E-state index contributed by atoms with van der Waals surface area (Å²) in [6, 6.07) is 14.5. The summed E-state index contributed by atoms with van der Waals surface area (Å²) in [6.07, 6.45) is 0. The van der Waals surface area contributed by atoms with Gasteiger partial charge in [0.05, 0.1) is 11.6 Å². The van der Waals surface area contributed by atoms with Crippen molar-refractivity contribution < 1.29 is 17.0 Å². The number of benzene rings is 2. The third-order valence-corrected chi connectivity index (χ3v) is 4.30. The van der Waals surface area contributed by atoms with Crippen LogP contribution in [0.1, 0.15) is 5.56 Å². The van der Waals surface area contributed by atoms with Crippen LogP contribution in [0.25, 0.3) is 11.0 Å². The van der Waals surface area contributed by atoms with Gasteiger partial charge in [-0.05, 0) is 36.4 Å². The van der Waals surface area contributed by atoms with Crippen molar-refractivity contribution in [2.24, 2.45) is 0 Å². The number of rotatable bonds is 3. The molecule has 0 saturated heterocycles. The molecule has 0 radical (unpaired) electrons. The molecule has 1 heterocycles. The molecule has 23 heavy (non-hydrogen) atoms. The predicted molar refractivity (Wildman–Crippen MR) is 81.5 cm³/mol. The Morgan fingerprint density at radius 1 is 1.04 bits per heavy atom. The molecule has 0 aliphatic carbocycles. The van der Waals surface area contributed by atoms with E-state index in [0.29, 0.717) is 5.39 Å². The van der Waals surface area contributed by atoms with E-state index in [4.69, 9.17) is 13.9 Å². The van der Waals surface area contributed by atoms with E-state index in [-0.39, 0.29) is 21.8 Å². The molecule has 0 fully saturated rings. The smallest absolute Gasteiger partial charge is 0.339 e. The minimum absolute atomic E-state index is 0.00853. The standard InChI is InChI=1S/C16H9NO5S/c17-10-11-2-1-3-14(8-11)23(19,20)22-13-6-4-12-5-7-16(18)21-15(12)9-13/h1-9H. The van der Waals surface area contributed by atoms with Crippen molar-refractivity contribution >= 4 is 21.1 Å². The Balaban J connectivity index is 2.00. The third-order valence-electron chi connectivity index (χ3n) is 3.05. The zero-order valence-corrected chi connectivity index (χ0v) is 12.4. The fraction of sp³-hybridized carbons (Fsp3) is 0. The second-order valence-electron chi connectivity index (χ2n) is 4.63. The normalized spacial score (nSPS) is 11.1. The molecule has 0 spiro atoms. The lowest BCUT2D eigenvalue weighted by Gasteiger charge is -2.07. The molecule has 6 nitrogen and oxygen atoms in total. The van der Waals surface area contributed by atoms with Crippen molar-refractivity contribution in [3.8, 4) is 11.8 Å². The summed E-state index contributed by atoms with van der Waals surface area (Å²) < 4.78 is 34.5. The van der Waals surface area contributed by atoms with Crippen LogP contribution in [0.5, 0.6) is 5.75 Å². The molecule has 0 unspecified atom stereocenters. The van der Waals surface area contributed by atoms with Crippen LogP contribution in [-0.4, -0.2) is 8.42 Å². The van der Waals surface area contributed by atoms with E-state index in [0.717, 1.165) is 0 Å². The molecule has 0 aliphatic heterocycles. The van der Waals surface area contributed by atoms with Crippen molar-refractivity contribution in [1.29, 1.82) is 5.26 Å². The van der Waals surface area contributed by atoms with E-state index in [1.165, 1.54) is 42.5 Å². The zero-order valence-electron chi connectivity index (χ0n) is 11.6. The molecule has 3 rings (SSSR count). The second-order valence-corrected chi connectivity index (χ2v) is 6.18. The molecular formula is C16H9NO5S. The highest BCUT2D eigenvalue weighted by molar-refractivity contribution is 7.87. The summed E-state index contributed by atoms with van der Waals surface area (Å²) in [7, 11) is -4.10. The molecule has 1 aromatic heterocycles. The molecule has 0 saturated carbocycles. The predicted octanol–water partition coefficient (Wildman–Crippen LogP) is 2.43. The Morgan fingerprint density at radius 2 is 1.83 bits per heavy atom. The van der Waals surface area contributed by atoms with Crippen molar-refractivity contribution in [3.63, 3.8) is 0 Å². The molecule has 0 aliphatic rings.